The van der Waals surface area contributed by atoms with Gasteiger partial charge in [-0.05, 0) is 24.3 Å². The smallest absolute Gasteiger partial charge is 0.338 e. The lowest BCUT2D eigenvalue weighted by molar-refractivity contribution is 0.0370. The van der Waals surface area contributed by atoms with Crippen LogP contribution >= 0.6 is 0 Å². The number of esters is 1. The Balaban J connectivity index is 1.48. The van der Waals surface area contributed by atoms with Crippen molar-refractivity contribution in [1.82, 2.24) is 4.90 Å². The van der Waals surface area contributed by atoms with Gasteiger partial charge in [-0.15, -0.1) is 0 Å². The lowest BCUT2D eigenvalue weighted by Crippen LogP contribution is -2.37. The summed E-state index contributed by atoms with van der Waals surface area (Å²) >= 11 is 0. The first-order valence-electron chi connectivity index (χ1n) is 11.1. The number of rotatable bonds is 12. The Morgan fingerprint density at radius 1 is 0.912 bits per heavy atom. The van der Waals surface area contributed by atoms with Gasteiger partial charge in [0.15, 0.2) is 17.3 Å². The predicted octanol–water partition coefficient (Wildman–Crippen LogP) is 2.85. The molecule has 1 saturated heterocycles. The van der Waals surface area contributed by atoms with E-state index in [-0.39, 0.29) is 24.6 Å². The molecule has 0 unspecified atom stereocenters. The SMILES string of the molecule is COc1cc(C(=O)OCCOc2cccc(C(=O)CCN3CCOCC3)c2)cc(OC)c1OC. The summed E-state index contributed by atoms with van der Waals surface area (Å²) in [5.74, 6) is 1.17. The number of carbonyl (C=O) groups is 2. The van der Waals surface area contributed by atoms with Gasteiger partial charge in [-0.2, -0.15) is 0 Å². The molecule has 1 aliphatic rings. The molecule has 0 bridgehead atoms. The molecule has 9 nitrogen and oxygen atoms in total. The van der Waals surface area contributed by atoms with Gasteiger partial charge in [0.05, 0.1) is 40.1 Å². The lowest BCUT2D eigenvalue weighted by atomic mass is 10.1. The summed E-state index contributed by atoms with van der Waals surface area (Å²) in [5, 5.41) is 0. The highest BCUT2D eigenvalue weighted by molar-refractivity contribution is 5.96. The van der Waals surface area contributed by atoms with Gasteiger partial charge < -0.3 is 28.4 Å². The Bertz CT molecular complexity index is 946. The van der Waals surface area contributed by atoms with Crippen molar-refractivity contribution in [3.05, 3.63) is 47.5 Å². The van der Waals surface area contributed by atoms with Gasteiger partial charge in [0.2, 0.25) is 5.75 Å². The van der Waals surface area contributed by atoms with E-state index in [9.17, 15) is 9.59 Å². The molecule has 0 amide bonds. The minimum atomic E-state index is -0.546. The number of hydrogen-bond donors (Lipinski definition) is 0. The van der Waals surface area contributed by atoms with Crippen molar-refractivity contribution in [2.24, 2.45) is 0 Å². The number of nitrogens with zero attached hydrogens (tertiary/aromatic N) is 1. The van der Waals surface area contributed by atoms with Crippen LogP contribution in [0.1, 0.15) is 27.1 Å². The fraction of sp³-hybridized carbons (Fsp3) is 0.440. The Hall–Kier alpha value is -3.30. The van der Waals surface area contributed by atoms with E-state index in [2.05, 4.69) is 4.90 Å². The average molecular weight is 474 g/mol. The van der Waals surface area contributed by atoms with E-state index in [1.165, 1.54) is 33.5 Å². The molecule has 2 aromatic carbocycles. The molecule has 1 aliphatic heterocycles. The number of morpholine rings is 1. The van der Waals surface area contributed by atoms with E-state index in [1.54, 1.807) is 24.3 Å². The molecular weight excluding hydrogens is 442 g/mol. The zero-order valence-electron chi connectivity index (χ0n) is 19.8. The van der Waals surface area contributed by atoms with E-state index in [0.29, 0.717) is 54.7 Å². The van der Waals surface area contributed by atoms with Gasteiger partial charge in [-0.3, -0.25) is 9.69 Å². The molecule has 0 atom stereocenters. The Morgan fingerprint density at radius 3 is 2.26 bits per heavy atom. The molecule has 0 spiro atoms. The monoisotopic (exact) mass is 473 g/mol. The molecule has 0 radical (unpaired) electrons. The summed E-state index contributed by atoms with van der Waals surface area (Å²) in [5.41, 5.74) is 0.863. The number of methoxy groups -OCH3 is 3. The van der Waals surface area contributed by atoms with Crippen LogP contribution in [-0.2, 0) is 9.47 Å². The number of benzene rings is 2. The van der Waals surface area contributed by atoms with Crippen LogP contribution in [-0.4, -0.2) is 84.0 Å². The fourth-order valence-corrected chi connectivity index (χ4v) is 3.56. The third kappa shape index (κ3) is 6.85. The molecule has 2 aromatic rings. The van der Waals surface area contributed by atoms with E-state index in [1.807, 2.05) is 0 Å². The van der Waals surface area contributed by atoms with E-state index in [0.717, 1.165) is 13.1 Å². The van der Waals surface area contributed by atoms with E-state index in [4.69, 9.17) is 28.4 Å². The largest absolute Gasteiger partial charge is 0.493 e. The van der Waals surface area contributed by atoms with Gasteiger partial charge >= 0.3 is 5.97 Å². The Kier molecular flexibility index (Phi) is 9.54. The topological polar surface area (TPSA) is 92.8 Å². The quantitative estimate of drug-likeness (QED) is 0.262. The van der Waals surface area contributed by atoms with Crippen LogP contribution in [0.2, 0.25) is 0 Å². The van der Waals surface area contributed by atoms with Gasteiger partial charge in [-0.25, -0.2) is 4.79 Å². The van der Waals surface area contributed by atoms with Crippen LogP contribution in [0.4, 0.5) is 0 Å². The third-order valence-corrected chi connectivity index (χ3v) is 5.40. The highest BCUT2D eigenvalue weighted by atomic mass is 16.6. The van der Waals surface area contributed by atoms with Gasteiger partial charge in [0.1, 0.15) is 19.0 Å². The first kappa shape index (κ1) is 25.3. The van der Waals surface area contributed by atoms with E-state index >= 15 is 0 Å². The number of ether oxygens (including phenoxy) is 6. The van der Waals surface area contributed by atoms with Crippen LogP contribution in [0.5, 0.6) is 23.0 Å². The predicted molar refractivity (Wildman–Crippen MR) is 125 cm³/mol. The molecule has 0 N–H and O–H groups in total. The van der Waals surface area contributed by atoms with Crippen molar-refractivity contribution < 1.29 is 38.0 Å². The number of hydrogen-bond acceptors (Lipinski definition) is 9. The van der Waals surface area contributed by atoms with Gasteiger partial charge in [-0.1, -0.05) is 12.1 Å². The minimum Gasteiger partial charge on any atom is -0.493 e. The van der Waals surface area contributed by atoms with Crippen LogP contribution in [0, 0.1) is 0 Å². The third-order valence-electron chi connectivity index (χ3n) is 5.40. The second-order valence-electron chi connectivity index (χ2n) is 7.55. The summed E-state index contributed by atoms with van der Waals surface area (Å²) in [6.07, 6.45) is 0.440. The summed E-state index contributed by atoms with van der Waals surface area (Å²) < 4.78 is 32.1. The molecule has 0 aliphatic carbocycles. The zero-order chi connectivity index (χ0) is 24.3. The fourth-order valence-electron chi connectivity index (χ4n) is 3.56. The van der Waals surface area contributed by atoms with Crippen molar-refractivity contribution in [3.8, 4) is 23.0 Å². The van der Waals surface area contributed by atoms with Crippen LogP contribution in [0.25, 0.3) is 0 Å². The van der Waals surface area contributed by atoms with Crippen molar-refractivity contribution in [1.29, 1.82) is 0 Å². The molecule has 184 valence electrons. The second kappa shape index (κ2) is 12.8. The van der Waals surface area contributed by atoms with Gasteiger partial charge in [0, 0.05) is 31.6 Å². The van der Waals surface area contributed by atoms with Crippen LogP contribution in [0.15, 0.2) is 36.4 Å². The van der Waals surface area contributed by atoms with Gasteiger partial charge in [0.25, 0.3) is 0 Å². The average Bonchev–Trinajstić information content (AvgIpc) is 2.89. The second-order valence-corrected chi connectivity index (χ2v) is 7.55. The summed E-state index contributed by atoms with van der Waals surface area (Å²) in [6, 6.07) is 10.1. The normalized spacial score (nSPS) is 13.7. The Morgan fingerprint density at radius 2 is 1.62 bits per heavy atom. The first-order valence-corrected chi connectivity index (χ1v) is 11.1. The summed E-state index contributed by atoms with van der Waals surface area (Å²) in [6.45, 7) is 4.01. The van der Waals surface area contributed by atoms with Crippen LogP contribution < -0.4 is 18.9 Å². The molecule has 3 rings (SSSR count). The lowest BCUT2D eigenvalue weighted by Gasteiger charge is -2.26. The maximum Gasteiger partial charge on any atom is 0.338 e. The molecule has 34 heavy (non-hydrogen) atoms. The van der Waals surface area contributed by atoms with Crippen molar-refractivity contribution in [2.75, 3.05) is 67.4 Å². The number of carbonyl (C=O) groups excluding carboxylic acids is 2. The van der Waals surface area contributed by atoms with Crippen molar-refractivity contribution >= 4 is 11.8 Å². The number of ketones is 1. The maximum absolute atomic E-state index is 12.6. The zero-order valence-corrected chi connectivity index (χ0v) is 19.8. The number of Topliss-reactive ketones (excluding diaryl/α,β-unsaturated/α-hetero) is 1. The molecular formula is C25H31NO8. The van der Waals surface area contributed by atoms with Crippen molar-refractivity contribution in [2.45, 2.75) is 6.42 Å². The van der Waals surface area contributed by atoms with Crippen LogP contribution in [0.3, 0.4) is 0 Å². The molecule has 0 saturated carbocycles. The first-order chi connectivity index (χ1) is 16.5. The van der Waals surface area contributed by atoms with Crippen molar-refractivity contribution in [3.63, 3.8) is 0 Å². The molecule has 0 aromatic heterocycles. The molecule has 1 fully saturated rings. The minimum absolute atomic E-state index is 0.0324. The Labute approximate surface area is 199 Å². The standard InChI is InChI=1S/C25H31NO8/c1-29-22-16-19(17-23(30-2)24(22)31-3)25(28)34-14-13-33-20-6-4-5-18(15-20)21(27)7-8-26-9-11-32-12-10-26/h4-6,15-17H,7-14H2,1-3H3. The maximum atomic E-state index is 12.6. The summed E-state index contributed by atoms with van der Waals surface area (Å²) in [7, 11) is 4.44. The van der Waals surface area contributed by atoms with E-state index < -0.39 is 5.97 Å². The summed E-state index contributed by atoms with van der Waals surface area (Å²) in [4.78, 5) is 27.2. The highest BCUT2D eigenvalue weighted by Crippen LogP contribution is 2.38. The molecule has 9 heteroatoms. The molecule has 1 heterocycles. The highest BCUT2D eigenvalue weighted by Gasteiger charge is 2.18.